The Bertz CT molecular complexity index is 439. The maximum atomic E-state index is 5.58. The molecule has 1 atom stereocenters. The number of nitrogens with two attached hydrogens (primary N) is 1. The molecule has 0 aliphatic heterocycles. The van der Waals surface area contributed by atoms with Gasteiger partial charge in [-0.3, -0.25) is 15.7 Å². The van der Waals surface area contributed by atoms with Crippen LogP contribution in [0.3, 0.4) is 0 Å². The molecule has 100 valence electrons. The van der Waals surface area contributed by atoms with Crippen LogP contribution in [-0.4, -0.2) is 28.6 Å². The second-order valence-corrected chi connectivity index (χ2v) is 5.10. The number of imidazole rings is 1. The standard InChI is InChI=1S/C12H20N4OS/c1-2-17-6-3-4-10(15-13)8-11-9-16-5-7-18-12(16)14-11/h5,7,9-10,15H,2-4,6,8,13H2,1H3. The number of thiazole rings is 1. The quantitative estimate of drug-likeness (QED) is 0.433. The van der Waals surface area contributed by atoms with Gasteiger partial charge in [0.2, 0.25) is 0 Å². The van der Waals surface area contributed by atoms with Gasteiger partial charge in [0, 0.05) is 43.5 Å². The van der Waals surface area contributed by atoms with Gasteiger partial charge < -0.3 is 4.74 Å². The lowest BCUT2D eigenvalue weighted by Gasteiger charge is -2.14. The summed E-state index contributed by atoms with van der Waals surface area (Å²) < 4.78 is 7.38. The summed E-state index contributed by atoms with van der Waals surface area (Å²) in [5.41, 5.74) is 3.95. The molecular formula is C12H20N4OS. The summed E-state index contributed by atoms with van der Waals surface area (Å²) in [4.78, 5) is 5.60. The molecule has 18 heavy (non-hydrogen) atoms. The van der Waals surface area contributed by atoms with Gasteiger partial charge in [-0.25, -0.2) is 4.98 Å². The van der Waals surface area contributed by atoms with Gasteiger partial charge in [0.15, 0.2) is 4.96 Å². The van der Waals surface area contributed by atoms with E-state index in [0.717, 1.165) is 43.1 Å². The van der Waals surface area contributed by atoms with Gasteiger partial charge in [-0.15, -0.1) is 11.3 Å². The van der Waals surface area contributed by atoms with E-state index in [1.165, 1.54) is 0 Å². The highest BCUT2D eigenvalue weighted by Crippen LogP contribution is 2.13. The number of nitrogens with one attached hydrogen (secondary N) is 1. The minimum Gasteiger partial charge on any atom is -0.382 e. The molecule has 2 aromatic heterocycles. The zero-order valence-electron chi connectivity index (χ0n) is 10.6. The third-order valence-electron chi connectivity index (χ3n) is 2.88. The van der Waals surface area contributed by atoms with Crippen LogP contribution in [0.25, 0.3) is 4.96 Å². The van der Waals surface area contributed by atoms with Crippen molar-refractivity contribution in [2.45, 2.75) is 32.2 Å². The minimum absolute atomic E-state index is 0.259. The van der Waals surface area contributed by atoms with Crippen molar-refractivity contribution < 1.29 is 4.74 Å². The summed E-state index contributed by atoms with van der Waals surface area (Å²) in [5.74, 6) is 5.58. The van der Waals surface area contributed by atoms with E-state index in [4.69, 9.17) is 10.6 Å². The van der Waals surface area contributed by atoms with Crippen LogP contribution in [-0.2, 0) is 11.2 Å². The lowest BCUT2D eigenvalue weighted by atomic mass is 10.1. The number of nitrogens with zero attached hydrogens (tertiary/aromatic N) is 2. The molecular weight excluding hydrogens is 248 g/mol. The number of fused-ring (bicyclic) bond motifs is 1. The van der Waals surface area contributed by atoms with Crippen molar-refractivity contribution in [1.82, 2.24) is 14.8 Å². The number of aromatic nitrogens is 2. The molecule has 5 nitrogen and oxygen atoms in total. The summed E-state index contributed by atoms with van der Waals surface area (Å²) in [5, 5.41) is 2.03. The molecule has 3 N–H and O–H groups in total. The molecule has 0 fully saturated rings. The van der Waals surface area contributed by atoms with E-state index in [1.807, 2.05) is 22.9 Å². The third kappa shape index (κ3) is 3.52. The Kier molecular flexibility index (Phi) is 5.12. The topological polar surface area (TPSA) is 64.6 Å². The van der Waals surface area contributed by atoms with Gasteiger partial charge in [0.1, 0.15) is 0 Å². The molecule has 0 saturated carbocycles. The summed E-state index contributed by atoms with van der Waals surface area (Å²) in [6, 6.07) is 0.259. The molecule has 0 saturated heterocycles. The number of hydrogen-bond acceptors (Lipinski definition) is 5. The highest BCUT2D eigenvalue weighted by Gasteiger charge is 2.10. The smallest absolute Gasteiger partial charge is 0.193 e. The average molecular weight is 268 g/mol. The molecule has 0 spiro atoms. The Labute approximate surface area is 111 Å². The fourth-order valence-corrected chi connectivity index (χ4v) is 2.67. The normalized spacial score (nSPS) is 13.2. The number of rotatable bonds is 8. The van der Waals surface area contributed by atoms with E-state index in [9.17, 15) is 0 Å². The summed E-state index contributed by atoms with van der Waals surface area (Å²) in [6.45, 7) is 3.58. The highest BCUT2D eigenvalue weighted by atomic mass is 32.1. The van der Waals surface area contributed by atoms with Gasteiger partial charge in [-0.05, 0) is 19.8 Å². The monoisotopic (exact) mass is 268 g/mol. The van der Waals surface area contributed by atoms with Gasteiger partial charge in [0.05, 0.1) is 5.69 Å². The molecule has 0 bridgehead atoms. The van der Waals surface area contributed by atoms with Gasteiger partial charge in [-0.2, -0.15) is 0 Å². The van der Waals surface area contributed by atoms with Crippen molar-refractivity contribution >= 4 is 16.3 Å². The van der Waals surface area contributed by atoms with E-state index >= 15 is 0 Å². The lowest BCUT2D eigenvalue weighted by Crippen LogP contribution is -2.37. The first kappa shape index (κ1) is 13.5. The van der Waals surface area contributed by atoms with E-state index in [2.05, 4.69) is 16.6 Å². The molecule has 0 radical (unpaired) electrons. The van der Waals surface area contributed by atoms with Gasteiger partial charge in [0.25, 0.3) is 0 Å². The molecule has 0 aliphatic carbocycles. The Balaban J connectivity index is 1.83. The zero-order chi connectivity index (χ0) is 12.8. The minimum atomic E-state index is 0.259. The van der Waals surface area contributed by atoms with Crippen LogP contribution >= 0.6 is 11.3 Å². The summed E-state index contributed by atoms with van der Waals surface area (Å²) >= 11 is 1.65. The Hall–Kier alpha value is -0.950. The third-order valence-corrected chi connectivity index (χ3v) is 3.65. The second-order valence-electron chi connectivity index (χ2n) is 4.23. The Morgan fingerprint density at radius 2 is 2.50 bits per heavy atom. The molecule has 0 amide bonds. The molecule has 0 aliphatic rings. The first-order valence-electron chi connectivity index (χ1n) is 6.28. The van der Waals surface area contributed by atoms with Crippen LogP contribution in [0.15, 0.2) is 17.8 Å². The molecule has 2 aromatic rings. The van der Waals surface area contributed by atoms with E-state index in [1.54, 1.807) is 11.3 Å². The Morgan fingerprint density at radius 1 is 1.61 bits per heavy atom. The molecule has 2 rings (SSSR count). The molecule has 6 heteroatoms. The van der Waals surface area contributed by atoms with Crippen molar-refractivity contribution in [3.63, 3.8) is 0 Å². The first-order chi connectivity index (χ1) is 8.83. The fourth-order valence-electron chi connectivity index (χ4n) is 1.95. The van der Waals surface area contributed by atoms with Crippen molar-refractivity contribution in [3.8, 4) is 0 Å². The van der Waals surface area contributed by atoms with Crippen molar-refractivity contribution in [3.05, 3.63) is 23.5 Å². The maximum Gasteiger partial charge on any atom is 0.193 e. The number of ether oxygens (including phenoxy) is 1. The Morgan fingerprint density at radius 3 is 3.22 bits per heavy atom. The van der Waals surface area contributed by atoms with Crippen LogP contribution < -0.4 is 11.3 Å². The van der Waals surface area contributed by atoms with Crippen molar-refractivity contribution in [1.29, 1.82) is 0 Å². The van der Waals surface area contributed by atoms with Crippen LogP contribution in [0.4, 0.5) is 0 Å². The molecule has 2 heterocycles. The van der Waals surface area contributed by atoms with Crippen LogP contribution in [0.2, 0.25) is 0 Å². The number of hydrazine groups is 1. The van der Waals surface area contributed by atoms with E-state index in [-0.39, 0.29) is 6.04 Å². The van der Waals surface area contributed by atoms with Gasteiger partial charge >= 0.3 is 0 Å². The van der Waals surface area contributed by atoms with E-state index in [0.29, 0.717) is 0 Å². The van der Waals surface area contributed by atoms with Crippen molar-refractivity contribution in [2.24, 2.45) is 5.84 Å². The average Bonchev–Trinajstić information content (AvgIpc) is 2.93. The van der Waals surface area contributed by atoms with Crippen molar-refractivity contribution in [2.75, 3.05) is 13.2 Å². The summed E-state index contributed by atoms with van der Waals surface area (Å²) in [7, 11) is 0. The number of hydrogen-bond donors (Lipinski definition) is 2. The highest BCUT2D eigenvalue weighted by molar-refractivity contribution is 7.15. The SMILES string of the molecule is CCOCCCC(Cc1cn2ccsc2n1)NN. The molecule has 0 aromatic carbocycles. The van der Waals surface area contributed by atoms with Crippen LogP contribution in [0.5, 0.6) is 0 Å². The first-order valence-corrected chi connectivity index (χ1v) is 7.16. The van der Waals surface area contributed by atoms with Crippen LogP contribution in [0.1, 0.15) is 25.5 Å². The molecule has 1 unspecified atom stereocenters. The predicted molar refractivity (Wildman–Crippen MR) is 73.6 cm³/mol. The second kappa shape index (κ2) is 6.84. The zero-order valence-corrected chi connectivity index (χ0v) is 11.4. The largest absolute Gasteiger partial charge is 0.382 e. The van der Waals surface area contributed by atoms with Crippen LogP contribution in [0, 0.1) is 0 Å². The lowest BCUT2D eigenvalue weighted by molar-refractivity contribution is 0.140. The van der Waals surface area contributed by atoms with Gasteiger partial charge in [-0.1, -0.05) is 0 Å². The summed E-state index contributed by atoms with van der Waals surface area (Å²) in [6.07, 6.45) is 6.97. The van der Waals surface area contributed by atoms with E-state index < -0.39 is 0 Å². The fraction of sp³-hybridized carbons (Fsp3) is 0.583. The predicted octanol–water partition coefficient (Wildman–Crippen LogP) is 1.59. The maximum absolute atomic E-state index is 5.58.